The Labute approximate surface area is 155 Å². The summed E-state index contributed by atoms with van der Waals surface area (Å²) >= 11 is 0. The highest BCUT2D eigenvalue weighted by Crippen LogP contribution is 2.24. The molecule has 0 unspecified atom stereocenters. The smallest absolute Gasteiger partial charge is 0.335 e. The van der Waals surface area contributed by atoms with Gasteiger partial charge in [-0.2, -0.15) is 8.42 Å². The number of aldehydes is 1. The minimum absolute atomic E-state index is 0.184. The van der Waals surface area contributed by atoms with E-state index in [0.29, 0.717) is 22.0 Å². The summed E-state index contributed by atoms with van der Waals surface area (Å²) in [6.07, 6.45) is 0.759. The lowest BCUT2D eigenvalue weighted by Crippen LogP contribution is -2.08. The van der Waals surface area contributed by atoms with Crippen molar-refractivity contribution in [2.45, 2.75) is 4.90 Å². The number of para-hydroxylation sites is 1. The number of aromatic carboxylic acids is 1. The van der Waals surface area contributed by atoms with E-state index < -0.39 is 21.0 Å². The third-order valence-electron chi connectivity index (χ3n) is 3.59. The molecule has 0 radical (unpaired) electrons. The lowest BCUT2D eigenvalue weighted by atomic mass is 10.1. The minimum atomic E-state index is -4.45. The Bertz CT molecular complexity index is 1100. The van der Waals surface area contributed by atoms with Gasteiger partial charge in [0.2, 0.25) is 0 Å². The molecule has 140 valence electrons. The van der Waals surface area contributed by atoms with Crippen LogP contribution in [0, 0.1) is 0 Å². The van der Waals surface area contributed by atoms with Crippen molar-refractivity contribution in [3.8, 4) is 0 Å². The van der Waals surface area contributed by atoms with E-state index >= 15 is 0 Å². The van der Waals surface area contributed by atoms with Gasteiger partial charge in [-0.05, 0) is 29.7 Å². The van der Waals surface area contributed by atoms with Crippen molar-refractivity contribution in [2.75, 3.05) is 5.43 Å². The van der Waals surface area contributed by atoms with E-state index in [0.717, 1.165) is 12.4 Å². The standard InChI is InChI=1S/C11H8O5S.C7H8N2O/c12-11(13)8-5-7-3-1-2-4-9(7)10(6-8)17(14,15)16;8-9-7-4-2-1-3-6(7)5-10/h1-6H,(H,12,13)(H,14,15,16);1-5,9H,8H2. The number of anilines is 1. The number of benzene rings is 3. The monoisotopic (exact) mass is 388 g/mol. The Morgan fingerprint density at radius 1 is 1.04 bits per heavy atom. The van der Waals surface area contributed by atoms with E-state index in [1.165, 1.54) is 12.1 Å². The molecule has 0 bridgehead atoms. The molecule has 27 heavy (non-hydrogen) atoms. The maximum atomic E-state index is 11.2. The Morgan fingerprint density at radius 3 is 2.22 bits per heavy atom. The van der Waals surface area contributed by atoms with Crippen LogP contribution in [0.25, 0.3) is 10.8 Å². The zero-order valence-electron chi connectivity index (χ0n) is 13.9. The molecule has 8 nitrogen and oxygen atoms in total. The molecule has 0 amide bonds. The van der Waals surface area contributed by atoms with Crippen molar-refractivity contribution in [2.24, 2.45) is 5.84 Å². The highest BCUT2D eigenvalue weighted by Gasteiger charge is 2.17. The Balaban J connectivity index is 0.000000223. The van der Waals surface area contributed by atoms with Gasteiger partial charge in [-0.15, -0.1) is 0 Å². The van der Waals surface area contributed by atoms with Crippen LogP contribution in [0.2, 0.25) is 0 Å². The average molecular weight is 388 g/mol. The molecule has 0 aromatic heterocycles. The van der Waals surface area contributed by atoms with Gasteiger partial charge < -0.3 is 10.5 Å². The van der Waals surface area contributed by atoms with E-state index in [9.17, 15) is 18.0 Å². The van der Waals surface area contributed by atoms with Gasteiger partial charge >= 0.3 is 5.97 Å². The summed E-state index contributed by atoms with van der Waals surface area (Å²) in [6.45, 7) is 0. The van der Waals surface area contributed by atoms with Gasteiger partial charge in [0.1, 0.15) is 4.90 Å². The summed E-state index contributed by atoms with van der Waals surface area (Å²) in [7, 11) is -4.45. The van der Waals surface area contributed by atoms with Crippen LogP contribution < -0.4 is 11.3 Å². The third kappa shape index (κ3) is 4.88. The van der Waals surface area contributed by atoms with Crippen LogP contribution in [0.3, 0.4) is 0 Å². The van der Waals surface area contributed by atoms with Gasteiger partial charge in [-0.25, -0.2) is 4.79 Å². The molecule has 5 N–H and O–H groups in total. The summed E-state index contributed by atoms with van der Waals surface area (Å²) in [4.78, 5) is 20.7. The van der Waals surface area contributed by atoms with Crippen LogP contribution in [0.4, 0.5) is 5.69 Å². The fraction of sp³-hybridized carbons (Fsp3) is 0. The largest absolute Gasteiger partial charge is 0.478 e. The lowest BCUT2D eigenvalue weighted by Gasteiger charge is -2.05. The van der Waals surface area contributed by atoms with E-state index in [4.69, 9.17) is 15.5 Å². The molecule has 3 rings (SSSR count). The fourth-order valence-electron chi connectivity index (χ4n) is 2.34. The SMILES string of the molecule is NNc1ccccc1C=O.O=C(O)c1cc(S(=O)(=O)O)c2ccccc2c1. The molecule has 0 atom stereocenters. The molecule has 3 aromatic rings. The Kier molecular flexibility index (Phi) is 6.24. The zero-order valence-corrected chi connectivity index (χ0v) is 14.7. The van der Waals surface area contributed by atoms with Crippen molar-refractivity contribution in [3.05, 3.63) is 71.8 Å². The van der Waals surface area contributed by atoms with Crippen LogP contribution in [0.1, 0.15) is 20.7 Å². The molecule has 3 aromatic carbocycles. The van der Waals surface area contributed by atoms with E-state index in [-0.39, 0.29) is 5.56 Å². The summed E-state index contributed by atoms with van der Waals surface area (Å²) in [5, 5.41) is 9.59. The van der Waals surface area contributed by atoms with Crippen molar-refractivity contribution < 1.29 is 27.7 Å². The first-order valence-electron chi connectivity index (χ1n) is 7.52. The lowest BCUT2D eigenvalue weighted by molar-refractivity contribution is 0.0696. The zero-order chi connectivity index (χ0) is 20.0. The van der Waals surface area contributed by atoms with E-state index in [1.54, 1.807) is 36.4 Å². The van der Waals surface area contributed by atoms with Crippen molar-refractivity contribution >= 4 is 38.8 Å². The van der Waals surface area contributed by atoms with Crippen LogP contribution in [0.15, 0.2) is 65.6 Å². The maximum Gasteiger partial charge on any atom is 0.335 e. The summed E-state index contributed by atoms with van der Waals surface area (Å²) in [5.74, 6) is 3.87. The number of nitrogens with one attached hydrogen (secondary N) is 1. The average Bonchev–Trinajstić information content (AvgIpc) is 2.66. The van der Waals surface area contributed by atoms with Gasteiger partial charge in [-0.1, -0.05) is 36.4 Å². The number of carboxylic acids is 1. The van der Waals surface area contributed by atoms with Crippen molar-refractivity contribution in [3.63, 3.8) is 0 Å². The quantitative estimate of drug-likeness (QED) is 0.231. The first kappa shape index (κ1) is 20.0. The van der Waals surface area contributed by atoms with Crippen molar-refractivity contribution in [1.29, 1.82) is 0 Å². The second-order valence-corrected chi connectivity index (χ2v) is 6.72. The number of rotatable bonds is 4. The van der Waals surface area contributed by atoms with Gasteiger partial charge in [0.25, 0.3) is 10.1 Å². The number of carbonyl (C=O) groups excluding carboxylic acids is 1. The van der Waals surface area contributed by atoms with E-state index in [2.05, 4.69) is 5.43 Å². The van der Waals surface area contributed by atoms with Crippen LogP contribution in [-0.4, -0.2) is 30.3 Å². The van der Waals surface area contributed by atoms with Gasteiger partial charge in [0.05, 0.1) is 11.3 Å². The Hall–Kier alpha value is -3.27. The van der Waals surface area contributed by atoms with Gasteiger partial charge in [-0.3, -0.25) is 15.2 Å². The van der Waals surface area contributed by atoms with Gasteiger partial charge in [0.15, 0.2) is 6.29 Å². The topological polar surface area (TPSA) is 147 Å². The molecular weight excluding hydrogens is 372 g/mol. The fourth-order valence-corrected chi connectivity index (χ4v) is 3.08. The first-order chi connectivity index (χ1) is 12.8. The van der Waals surface area contributed by atoms with Crippen molar-refractivity contribution in [1.82, 2.24) is 0 Å². The predicted molar refractivity (Wildman–Crippen MR) is 100 cm³/mol. The number of fused-ring (bicyclic) bond motifs is 1. The normalized spacial score (nSPS) is 10.6. The Morgan fingerprint density at radius 2 is 1.67 bits per heavy atom. The molecule has 0 heterocycles. The number of carboxylic acid groups (broad SMARTS) is 1. The number of hydrazine groups is 1. The number of nitrogens with two attached hydrogens (primary N) is 1. The summed E-state index contributed by atoms with van der Waals surface area (Å²) in [6, 6.07) is 15.7. The van der Waals surface area contributed by atoms with Gasteiger partial charge in [0, 0.05) is 10.9 Å². The molecule has 0 fully saturated rings. The molecule has 0 spiro atoms. The number of hydrogen-bond donors (Lipinski definition) is 4. The van der Waals surface area contributed by atoms with Crippen LogP contribution >= 0.6 is 0 Å². The molecular formula is C18H16N2O6S. The number of nitrogen functional groups attached to an aromatic ring is 1. The second-order valence-electron chi connectivity index (χ2n) is 5.33. The highest BCUT2D eigenvalue weighted by atomic mass is 32.2. The van der Waals surface area contributed by atoms with E-state index in [1.807, 2.05) is 6.07 Å². The molecule has 0 aliphatic heterocycles. The number of carbonyl (C=O) groups is 2. The third-order valence-corrected chi connectivity index (χ3v) is 4.49. The molecule has 9 heteroatoms. The highest BCUT2D eigenvalue weighted by molar-refractivity contribution is 7.86. The summed E-state index contributed by atoms with van der Waals surface area (Å²) in [5.41, 5.74) is 3.46. The molecule has 0 saturated heterocycles. The maximum absolute atomic E-state index is 11.2. The predicted octanol–water partition coefficient (Wildman–Crippen LogP) is 2.57. The second kappa shape index (κ2) is 8.41. The van der Waals surface area contributed by atoms with Crippen LogP contribution in [0.5, 0.6) is 0 Å². The molecule has 0 saturated carbocycles. The van der Waals surface area contributed by atoms with Crippen LogP contribution in [-0.2, 0) is 10.1 Å². The number of hydrogen-bond acceptors (Lipinski definition) is 6. The molecule has 0 aliphatic carbocycles. The minimum Gasteiger partial charge on any atom is -0.478 e. The first-order valence-corrected chi connectivity index (χ1v) is 8.96. The molecule has 0 aliphatic rings. The summed E-state index contributed by atoms with van der Waals surface area (Å²) < 4.78 is 31.4.